The monoisotopic (exact) mass is 233 g/mol. The number of nitrogens with zero attached hydrogens (tertiary/aromatic N) is 1. The van der Waals surface area contributed by atoms with Gasteiger partial charge in [-0.05, 0) is 25.3 Å². The predicted octanol–water partition coefficient (Wildman–Crippen LogP) is 2.70. The minimum absolute atomic E-state index is 0.0246. The van der Waals surface area contributed by atoms with E-state index >= 15 is 0 Å². The second-order valence-corrected chi connectivity index (χ2v) is 4.15. The van der Waals surface area contributed by atoms with Crippen LogP contribution in [0.3, 0.4) is 0 Å². The third kappa shape index (κ3) is 2.75. The summed E-state index contributed by atoms with van der Waals surface area (Å²) < 4.78 is 0. The van der Waals surface area contributed by atoms with E-state index in [1.165, 1.54) is 12.1 Å². The fourth-order valence-electron chi connectivity index (χ4n) is 1.94. The number of nitrogens with two attached hydrogens (primary N) is 1. The highest BCUT2D eigenvalue weighted by molar-refractivity contribution is 5.69. The van der Waals surface area contributed by atoms with Gasteiger partial charge in [-0.2, -0.15) is 0 Å². The first-order valence-corrected chi connectivity index (χ1v) is 5.62. The molecule has 0 heterocycles. The van der Waals surface area contributed by atoms with E-state index in [0.717, 1.165) is 24.9 Å². The Kier molecular flexibility index (Phi) is 3.27. The molecule has 0 aliphatic heterocycles. The minimum atomic E-state index is -0.441. The third-order valence-electron chi connectivity index (χ3n) is 2.87. The first-order chi connectivity index (χ1) is 8.16. The number of benzene rings is 1. The summed E-state index contributed by atoms with van der Waals surface area (Å²) in [6, 6.07) is 4.90. The number of nitro benzene ring substituents is 1. The largest absolute Gasteiger partial charge is 0.397 e. The molecular formula is C12H15N3O2. The highest BCUT2D eigenvalue weighted by Crippen LogP contribution is 2.26. The molecule has 0 spiro atoms. The van der Waals surface area contributed by atoms with Crippen LogP contribution in [0.1, 0.15) is 19.3 Å². The Balaban J connectivity index is 2.11. The molecule has 0 saturated carbocycles. The van der Waals surface area contributed by atoms with Crippen molar-refractivity contribution >= 4 is 17.1 Å². The zero-order chi connectivity index (χ0) is 12.3. The van der Waals surface area contributed by atoms with Crippen LogP contribution >= 0.6 is 0 Å². The average Bonchev–Trinajstić information content (AvgIpc) is 2.33. The molecule has 0 bridgehead atoms. The topological polar surface area (TPSA) is 81.2 Å². The average molecular weight is 233 g/mol. The number of anilines is 2. The number of nitrogen functional groups attached to an aromatic ring is 1. The standard InChI is InChI=1S/C12H15N3O2/c13-11-8-10(15(16)17)6-7-12(11)14-9-4-2-1-3-5-9/h1-2,6-9,14H,3-5,13H2. The zero-order valence-electron chi connectivity index (χ0n) is 9.43. The van der Waals surface area contributed by atoms with Gasteiger partial charge in [-0.25, -0.2) is 0 Å². The molecule has 17 heavy (non-hydrogen) atoms. The summed E-state index contributed by atoms with van der Waals surface area (Å²) in [7, 11) is 0. The number of nitro groups is 1. The number of rotatable bonds is 3. The van der Waals surface area contributed by atoms with Gasteiger partial charge in [0.1, 0.15) is 0 Å². The highest BCUT2D eigenvalue weighted by Gasteiger charge is 2.13. The smallest absolute Gasteiger partial charge is 0.271 e. The molecular weight excluding hydrogens is 218 g/mol. The maximum atomic E-state index is 10.6. The zero-order valence-corrected chi connectivity index (χ0v) is 9.43. The summed E-state index contributed by atoms with van der Waals surface area (Å²) in [5, 5.41) is 13.9. The van der Waals surface area contributed by atoms with Gasteiger partial charge in [0.05, 0.1) is 16.3 Å². The normalized spacial score (nSPS) is 18.9. The Morgan fingerprint density at radius 3 is 2.82 bits per heavy atom. The Hall–Kier alpha value is -2.04. The van der Waals surface area contributed by atoms with Crippen molar-refractivity contribution in [1.82, 2.24) is 0 Å². The Morgan fingerprint density at radius 2 is 2.24 bits per heavy atom. The molecule has 2 rings (SSSR count). The number of non-ortho nitro benzene ring substituents is 1. The van der Waals surface area contributed by atoms with Crippen LogP contribution in [0, 0.1) is 10.1 Å². The van der Waals surface area contributed by atoms with Gasteiger partial charge in [0.15, 0.2) is 0 Å². The van der Waals surface area contributed by atoms with Gasteiger partial charge < -0.3 is 11.1 Å². The maximum Gasteiger partial charge on any atom is 0.271 e. The van der Waals surface area contributed by atoms with Crippen molar-refractivity contribution in [3.63, 3.8) is 0 Å². The molecule has 5 heteroatoms. The van der Waals surface area contributed by atoms with E-state index in [9.17, 15) is 10.1 Å². The molecule has 1 atom stereocenters. The molecule has 0 fully saturated rings. The van der Waals surface area contributed by atoms with E-state index in [-0.39, 0.29) is 5.69 Å². The van der Waals surface area contributed by atoms with E-state index in [0.29, 0.717) is 11.7 Å². The van der Waals surface area contributed by atoms with Gasteiger partial charge in [-0.3, -0.25) is 10.1 Å². The lowest BCUT2D eigenvalue weighted by Crippen LogP contribution is -2.20. The van der Waals surface area contributed by atoms with Gasteiger partial charge in [0, 0.05) is 18.2 Å². The van der Waals surface area contributed by atoms with Gasteiger partial charge in [-0.15, -0.1) is 0 Å². The van der Waals surface area contributed by atoms with Crippen LogP contribution in [0.4, 0.5) is 17.1 Å². The summed E-state index contributed by atoms with van der Waals surface area (Å²) in [4.78, 5) is 10.1. The molecule has 0 amide bonds. The molecule has 1 unspecified atom stereocenters. The predicted molar refractivity (Wildman–Crippen MR) is 67.9 cm³/mol. The van der Waals surface area contributed by atoms with Crippen molar-refractivity contribution in [3.8, 4) is 0 Å². The SMILES string of the molecule is Nc1cc([N+](=O)[O-])ccc1NC1CC=CCC1. The molecule has 0 radical (unpaired) electrons. The molecule has 1 aliphatic rings. The van der Waals surface area contributed by atoms with Gasteiger partial charge >= 0.3 is 0 Å². The minimum Gasteiger partial charge on any atom is -0.397 e. The number of allylic oxidation sites excluding steroid dienone is 1. The fraction of sp³-hybridized carbons (Fsp3) is 0.333. The van der Waals surface area contributed by atoms with Crippen LogP contribution in [0.25, 0.3) is 0 Å². The summed E-state index contributed by atoms with van der Waals surface area (Å²) >= 11 is 0. The van der Waals surface area contributed by atoms with Crippen molar-refractivity contribution < 1.29 is 4.92 Å². The fourth-order valence-corrected chi connectivity index (χ4v) is 1.94. The molecule has 1 aromatic carbocycles. The van der Waals surface area contributed by atoms with Crippen LogP contribution in [-0.2, 0) is 0 Å². The number of nitrogens with one attached hydrogen (secondary N) is 1. The van der Waals surface area contributed by atoms with Crippen LogP contribution in [0.15, 0.2) is 30.4 Å². The second-order valence-electron chi connectivity index (χ2n) is 4.15. The highest BCUT2D eigenvalue weighted by atomic mass is 16.6. The summed E-state index contributed by atoms with van der Waals surface area (Å²) in [6.45, 7) is 0. The molecule has 1 aliphatic carbocycles. The molecule has 90 valence electrons. The van der Waals surface area contributed by atoms with Crippen LogP contribution in [0.5, 0.6) is 0 Å². The van der Waals surface area contributed by atoms with Crippen molar-refractivity contribution in [2.45, 2.75) is 25.3 Å². The molecule has 3 N–H and O–H groups in total. The van der Waals surface area contributed by atoms with E-state index in [2.05, 4.69) is 17.5 Å². The first kappa shape index (κ1) is 11.4. The van der Waals surface area contributed by atoms with Crippen molar-refractivity contribution in [3.05, 3.63) is 40.5 Å². The van der Waals surface area contributed by atoms with Gasteiger partial charge in [-0.1, -0.05) is 12.2 Å². The molecule has 0 aromatic heterocycles. The second kappa shape index (κ2) is 4.86. The van der Waals surface area contributed by atoms with E-state index in [1.54, 1.807) is 6.07 Å². The van der Waals surface area contributed by atoms with E-state index in [4.69, 9.17) is 5.73 Å². The Morgan fingerprint density at radius 1 is 1.41 bits per heavy atom. The lowest BCUT2D eigenvalue weighted by atomic mass is 10.0. The molecule has 1 aromatic rings. The third-order valence-corrected chi connectivity index (χ3v) is 2.87. The summed E-state index contributed by atoms with van der Waals surface area (Å²) in [5.41, 5.74) is 7.01. The molecule has 0 saturated heterocycles. The first-order valence-electron chi connectivity index (χ1n) is 5.62. The van der Waals surface area contributed by atoms with Crippen molar-refractivity contribution in [1.29, 1.82) is 0 Å². The van der Waals surface area contributed by atoms with E-state index in [1.807, 2.05) is 0 Å². The Labute approximate surface area is 99.5 Å². The number of hydrogen-bond donors (Lipinski definition) is 2. The summed E-state index contributed by atoms with van der Waals surface area (Å²) in [6.07, 6.45) is 7.40. The van der Waals surface area contributed by atoms with Crippen LogP contribution in [-0.4, -0.2) is 11.0 Å². The molecule has 5 nitrogen and oxygen atoms in total. The van der Waals surface area contributed by atoms with Crippen molar-refractivity contribution in [2.75, 3.05) is 11.1 Å². The quantitative estimate of drug-likeness (QED) is 0.364. The number of hydrogen-bond acceptors (Lipinski definition) is 4. The summed E-state index contributed by atoms with van der Waals surface area (Å²) in [5.74, 6) is 0. The van der Waals surface area contributed by atoms with Gasteiger partial charge in [0.25, 0.3) is 5.69 Å². The van der Waals surface area contributed by atoms with Gasteiger partial charge in [0.2, 0.25) is 0 Å². The van der Waals surface area contributed by atoms with Crippen molar-refractivity contribution in [2.24, 2.45) is 0 Å². The Bertz CT molecular complexity index is 457. The van der Waals surface area contributed by atoms with Crippen LogP contribution < -0.4 is 11.1 Å². The lowest BCUT2D eigenvalue weighted by molar-refractivity contribution is -0.384. The maximum absolute atomic E-state index is 10.6. The van der Waals surface area contributed by atoms with E-state index < -0.39 is 4.92 Å². The van der Waals surface area contributed by atoms with Crippen LogP contribution in [0.2, 0.25) is 0 Å². The lowest BCUT2D eigenvalue weighted by Gasteiger charge is -2.21.